The molecule has 6 nitrogen and oxygen atoms in total. The maximum Gasteiger partial charge on any atom is 0.341 e. The van der Waals surface area contributed by atoms with Crippen LogP contribution in [0.5, 0.6) is 11.5 Å². The standard InChI is InChI=1S/C30H33NO5S/c1-3-8-23(18-19-37-24-14-12-22(13-15-24)34-20-28(32)33)35-27-17-16-26-29(21-10-6-5-7-11-21)31-36-30(26)25(27)9-4-2/h5-7,10-17,23H,3-4,8-9,18-20H2,1-2H3,(H,32,33). The van der Waals surface area contributed by atoms with Gasteiger partial charge >= 0.3 is 5.97 Å². The second kappa shape index (κ2) is 13.2. The number of benzene rings is 3. The van der Waals surface area contributed by atoms with Gasteiger partial charge < -0.3 is 19.1 Å². The Morgan fingerprint density at radius 2 is 1.78 bits per heavy atom. The van der Waals surface area contributed by atoms with Gasteiger partial charge in [0.1, 0.15) is 17.2 Å². The summed E-state index contributed by atoms with van der Waals surface area (Å²) in [5.41, 5.74) is 3.80. The van der Waals surface area contributed by atoms with Gasteiger partial charge in [-0.1, -0.05) is 62.2 Å². The zero-order chi connectivity index (χ0) is 26.0. The normalized spacial score (nSPS) is 11.9. The maximum atomic E-state index is 10.7. The average Bonchev–Trinajstić information content (AvgIpc) is 3.34. The zero-order valence-corrected chi connectivity index (χ0v) is 22.1. The number of aryl methyl sites for hydroxylation is 1. The fraction of sp³-hybridized carbons (Fsp3) is 0.333. The highest BCUT2D eigenvalue weighted by Crippen LogP contribution is 2.36. The van der Waals surface area contributed by atoms with Crippen molar-refractivity contribution in [1.29, 1.82) is 0 Å². The van der Waals surface area contributed by atoms with E-state index < -0.39 is 5.97 Å². The Kier molecular flexibility index (Phi) is 9.49. The molecule has 0 bridgehead atoms. The summed E-state index contributed by atoms with van der Waals surface area (Å²) in [6.45, 7) is 4.00. The molecule has 1 N–H and O–H groups in total. The third kappa shape index (κ3) is 7.07. The summed E-state index contributed by atoms with van der Waals surface area (Å²) < 4.78 is 17.7. The number of ether oxygens (including phenoxy) is 2. The monoisotopic (exact) mass is 519 g/mol. The summed E-state index contributed by atoms with van der Waals surface area (Å²) in [6, 6.07) is 21.8. The lowest BCUT2D eigenvalue weighted by Crippen LogP contribution is -2.18. The molecule has 1 unspecified atom stereocenters. The molecule has 194 valence electrons. The minimum absolute atomic E-state index is 0.0974. The number of fused-ring (bicyclic) bond motifs is 1. The van der Waals surface area contributed by atoms with Gasteiger partial charge in [-0.3, -0.25) is 0 Å². The molecule has 4 rings (SSSR count). The van der Waals surface area contributed by atoms with Gasteiger partial charge in [0.05, 0.1) is 11.5 Å². The molecule has 0 aliphatic rings. The van der Waals surface area contributed by atoms with E-state index in [0.29, 0.717) is 5.75 Å². The SMILES string of the molecule is CCCc1c(OC(CCC)CCSc2ccc(OCC(=O)O)cc2)ccc2c(-c3ccccc3)noc12. The van der Waals surface area contributed by atoms with Crippen molar-refractivity contribution in [1.82, 2.24) is 5.16 Å². The van der Waals surface area contributed by atoms with Crippen molar-refractivity contribution in [3.63, 3.8) is 0 Å². The second-order valence-corrected chi connectivity index (χ2v) is 10.1. The van der Waals surface area contributed by atoms with Crippen LogP contribution in [0.15, 0.2) is 76.1 Å². The average molecular weight is 520 g/mol. The molecule has 37 heavy (non-hydrogen) atoms. The lowest BCUT2D eigenvalue weighted by Gasteiger charge is -2.21. The van der Waals surface area contributed by atoms with E-state index in [4.69, 9.17) is 19.1 Å². The summed E-state index contributed by atoms with van der Waals surface area (Å²) in [5.74, 6) is 1.36. The lowest BCUT2D eigenvalue weighted by atomic mass is 10.0. The number of hydrogen-bond acceptors (Lipinski definition) is 6. The van der Waals surface area contributed by atoms with Crippen molar-refractivity contribution in [3.8, 4) is 22.8 Å². The van der Waals surface area contributed by atoms with Crippen LogP contribution in [0.4, 0.5) is 0 Å². The van der Waals surface area contributed by atoms with Crippen LogP contribution in [0.3, 0.4) is 0 Å². The van der Waals surface area contributed by atoms with Crippen molar-refractivity contribution in [2.24, 2.45) is 0 Å². The highest BCUT2D eigenvalue weighted by molar-refractivity contribution is 7.99. The van der Waals surface area contributed by atoms with E-state index in [-0.39, 0.29) is 12.7 Å². The van der Waals surface area contributed by atoms with Crippen molar-refractivity contribution >= 4 is 28.7 Å². The molecule has 3 aromatic carbocycles. The van der Waals surface area contributed by atoms with E-state index in [1.165, 1.54) is 0 Å². The largest absolute Gasteiger partial charge is 0.490 e. The van der Waals surface area contributed by atoms with Crippen LogP contribution in [-0.4, -0.2) is 34.7 Å². The highest BCUT2D eigenvalue weighted by atomic mass is 32.2. The maximum absolute atomic E-state index is 10.7. The predicted molar refractivity (Wildman–Crippen MR) is 148 cm³/mol. The Morgan fingerprint density at radius 1 is 1.00 bits per heavy atom. The second-order valence-electron chi connectivity index (χ2n) is 8.89. The topological polar surface area (TPSA) is 81.8 Å². The fourth-order valence-electron chi connectivity index (χ4n) is 4.29. The first-order chi connectivity index (χ1) is 18.1. The fourth-order valence-corrected chi connectivity index (χ4v) is 5.24. The Bertz CT molecular complexity index is 1290. The molecule has 0 amide bonds. The van der Waals surface area contributed by atoms with Crippen molar-refractivity contribution < 1.29 is 23.9 Å². The van der Waals surface area contributed by atoms with Crippen molar-refractivity contribution in [2.45, 2.75) is 57.0 Å². The minimum atomic E-state index is -0.985. The van der Waals surface area contributed by atoms with Gasteiger partial charge in [-0.15, -0.1) is 11.8 Å². The van der Waals surface area contributed by atoms with E-state index in [2.05, 4.69) is 31.1 Å². The summed E-state index contributed by atoms with van der Waals surface area (Å²) in [6.07, 6.45) is 4.86. The number of hydrogen-bond donors (Lipinski definition) is 1. The highest BCUT2D eigenvalue weighted by Gasteiger charge is 2.19. The van der Waals surface area contributed by atoms with Gasteiger partial charge in [0.25, 0.3) is 0 Å². The number of aromatic nitrogens is 1. The number of aliphatic carboxylic acids is 1. The first kappa shape index (κ1) is 26.6. The lowest BCUT2D eigenvalue weighted by molar-refractivity contribution is -0.139. The summed E-state index contributed by atoms with van der Waals surface area (Å²) >= 11 is 1.76. The van der Waals surface area contributed by atoms with Crippen molar-refractivity contribution in [3.05, 3.63) is 72.3 Å². The molecular weight excluding hydrogens is 486 g/mol. The van der Waals surface area contributed by atoms with Gasteiger partial charge in [0, 0.05) is 21.8 Å². The molecule has 1 aromatic heterocycles. The van der Waals surface area contributed by atoms with Gasteiger partial charge in [-0.25, -0.2) is 4.79 Å². The van der Waals surface area contributed by atoms with Gasteiger partial charge in [-0.05, 0) is 55.7 Å². The molecule has 0 saturated carbocycles. The number of rotatable bonds is 14. The smallest absolute Gasteiger partial charge is 0.341 e. The molecule has 0 aliphatic heterocycles. The molecule has 0 saturated heterocycles. The Labute approximate surface area is 222 Å². The van der Waals surface area contributed by atoms with E-state index in [1.807, 2.05) is 42.5 Å². The molecule has 4 aromatic rings. The zero-order valence-electron chi connectivity index (χ0n) is 21.3. The molecule has 1 heterocycles. The summed E-state index contributed by atoms with van der Waals surface area (Å²) in [4.78, 5) is 11.8. The van der Waals surface area contributed by atoms with Crippen LogP contribution >= 0.6 is 11.8 Å². The number of thioether (sulfide) groups is 1. The van der Waals surface area contributed by atoms with E-state index in [1.54, 1.807) is 23.9 Å². The molecule has 7 heteroatoms. The first-order valence-electron chi connectivity index (χ1n) is 12.8. The van der Waals surface area contributed by atoms with E-state index in [9.17, 15) is 4.79 Å². The quantitative estimate of drug-likeness (QED) is 0.171. The van der Waals surface area contributed by atoms with E-state index in [0.717, 1.165) is 76.3 Å². The number of carboxylic acids is 1. The molecule has 0 radical (unpaired) electrons. The Hall–Kier alpha value is -3.45. The molecule has 0 aliphatic carbocycles. The van der Waals surface area contributed by atoms with Crippen LogP contribution in [0.2, 0.25) is 0 Å². The number of carboxylic acid groups (broad SMARTS) is 1. The van der Waals surface area contributed by atoms with Crippen LogP contribution in [0.25, 0.3) is 22.2 Å². The predicted octanol–water partition coefficient (Wildman–Crippen LogP) is 7.64. The summed E-state index contributed by atoms with van der Waals surface area (Å²) in [5, 5.41) is 14.2. The molecular formula is C30H33NO5S. The Balaban J connectivity index is 1.44. The summed E-state index contributed by atoms with van der Waals surface area (Å²) in [7, 11) is 0. The molecule has 0 spiro atoms. The number of carbonyl (C=O) groups is 1. The third-order valence-electron chi connectivity index (χ3n) is 6.05. The van der Waals surface area contributed by atoms with Crippen LogP contribution in [0, 0.1) is 0 Å². The van der Waals surface area contributed by atoms with Crippen molar-refractivity contribution in [2.75, 3.05) is 12.4 Å². The van der Waals surface area contributed by atoms with E-state index >= 15 is 0 Å². The molecule has 1 atom stereocenters. The molecule has 0 fully saturated rings. The van der Waals surface area contributed by atoms with Crippen LogP contribution in [-0.2, 0) is 11.2 Å². The van der Waals surface area contributed by atoms with Crippen LogP contribution in [0.1, 0.15) is 45.1 Å². The van der Waals surface area contributed by atoms with Crippen LogP contribution < -0.4 is 9.47 Å². The van der Waals surface area contributed by atoms with Gasteiger partial charge in [-0.2, -0.15) is 0 Å². The first-order valence-corrected chi connectivity index (χ1v) is 13.8. The number of nitrogens with zero attached hydrogens (tertiary/aromatic N) is 1. The third-order valence-corrected chi connectivity index (χ3v) is 7.09. The van der Waals surface area contributed by atoms with Gasteiger partial charge in [0.15, 0.2) is 12.2 Å². The Morgan fingerprint density at radius 3 is 2.49 bits per heavy atom. The minimum Gasteiger partial charge on any atom is -0.490 e. The van der Waals surface area contributed by atoms with Gasteiger partial charge in [0.2, 0.25) is 0 Å².